The molecular formula is C16H27NO3. The van der Waals surface area contributed by atoms with Crippen molar-refractivity contribution >= 4 is 0 Å². The minimum absolute atomic E-state index is 0.0618. The summed E-state index contributed by atoms with van der Waals surface area (Å²) in [6.07, 6.45) is 1.64. The van der Waals surface area contributed by atoms with Gasteiger partial charge in [0.05, 0.1) is 12.1 Å². The van der Waals surface area contributed by atoms with Crippen LogP contribution in [-0.4, -0.2) is 45.2 Å². The highest BCUT2D eigenvalue weighted by Gasteiger charge is 2.29. The van der Waals surface area contributed by atoms with Crippen molar-refractivity contribution < 1.29 is 14.6 Å². The van der Waals surface area contributed by atoms with Crippen molar-refractivity contribution in [2.24, 2.45) is 0 Å². The molecule has 0 aliphatic heterocycles. The number of aliphatic hydroxyl groups is 1. The summed E-state index contributed by atoms with van der Waals surface area (Å²) in [5.41, 5.74) is 0.682. The molecule has 0 spiro atoms. The molecule has 0 saturated carbocycles. The number of methoxy groups -OCH3 is 1. The van der Waals surface area contributed by atoms with Gasteiger partial charge < -0.3 is 19.9 Å². The van der Waals surface area contributed by atoms with E-state index in [2.05, 4.69) is 5.32 Å². The smallest absolute Gasteiger partial charge is 0.0691 e. The van der Waals surface area contributed by atoms with Crippen LogP contribution in [0.25, 0.3) is 0 Å². The number of likely N-dealkylation sites (N-methyl/N-ethyl adjacent to an activating group) is 1. The van der Waals surface area contributed by atoms with E-state index in [0.29, 0.717) is 13.2 Å². The molecule has 0 heterocycles. The van der Waals surface area contributed by atoms with Crippen molar-refractivity contribution in [2.75, 3.05) is 40.1 Å². The fourth-order valence-electron chi connectivity index (χ4n) is 2.31. The van der Waals surface area contributed by atoms with Crippen LogP contribution in [0.4, 0.5) is 0 Å². The van der Waals surface area contributed by atoms with Crippen molar-refractivity contribution in [3.63, 3.8) is 0 Å². The Bertz CT molecular complexity index is 345. The first-order valence-corrected chi connectivity index (χ1v) is 7.27. The van der Waals surface area contributed by atoms with E-state index in [0.717, 1.165) is 31.6 Å². The highest BCUT2D eigenvalue weighted by Crippen LogP contribution is 2.24. The molecule has 1 rings (SSSR count). The van der Waals surface area contributed by atoms with E-state index in [1.165, 1.54) is 0 Å². The predicted molar refractivity (Wildman–Crippen MR) is 80.8 cm³/mol. The third-order valence-electron chi connectivity index (χ3n) is 3.42. The van der Waals surface area contributed by atoms with Gasteiger partial charge in [-0.15, -0.1) is 0 Å². The zero-order valence-corrected chi connectivity index (χ0v) is 12.6. The minimum Gasteiger partial charge on any atom is -0.394 e. The Labute approximate surface area is 122 Å². The highest BCUT2D eigenvalue weighted by atomic mass is 16.5. The summed E-state index contributed by atoms with van der Waals surface area (Å²) in [5.74, 6) is 0. The second-order valence-corrected chi connectivity index (χ2v) is 4.85. The van der Waals surface area contributed by atoms with Gasteiger partial charge in [0.15, 0.2) is 0 Å². The summed E-state index contributed by atoms with van der Waals surface area (Å²) in [6, 6.07) is 10.1. The van der Waals surface area contributed by atoms with Gasteiger partial charge >= 0.3 is 0 Å². The molecule has 0 radical (unpaired) electrons. The standard InChI is InChI=1S/C16H27NO3/c1-3-17-16(14-18,15-8-5-4-6-9-15)10-13-20-12-7-11-19-2/h4-6,8-9,17-18H,3,7,10-14H2,1-2H3. The molecule has 2 N–H and O–H groups in total. The van der Waals surface area contributed by atoms with Crippen LogP contribution in [0.15, 0.2) is 30.3 Å². The number of ether oxygens (including phenoxy) is 2. The monoisotopic (exact) mass is 281 g/mol. The van der Waals surface area contributed by atoms with Gasteiger partial charge in [-0.2, -0.15) is 0 Å². The Balaban J connectivity index is 2.56. The quantitative estimate of drug-likeness (QED) is 0.609. The lowest BCUT2D eigenvalue weighted by atomic mass is 9.87. The summed E-state index contributed by atoms with van der Waals surface area (Å²) >= 11 is 0. The molecule has 4 heteroatoms. The van der Waals surface area contributed by atoms with Crippen LogP contribution in [0, 0.1) is 0 Å². The average molecular weight is 281 g/mol. The molecule has 114 valence electrons. The van der Waals surface area contributed by atoms with Gasteiger partial charge in [-0.25, -0.2) is 0 Å². The van der Waals surface area contributed by atoms with Crippen molar-refractivity contribution in [1.29, 1.82) is 0 Å². The van der Waals surface area contributed by atoms with Gasteiger partial charge in [-0.05, 0) is 24.9 Å². The van der Waals surface area contributed by atoms with E-state index in [9.17, 15) is 5.11 Å². The number of hydrogen-bond acceptors (Lipinski definition) is 4. The molecule has 0 fully saturated rings. The fourth-order valence-corrected chi connectivity index (χ4v) is 2.31. The molecule has 0 aliphatic carbocycles. The van der Waals surface area contributed by atoms with Crippen LogP contribution in [0.2, 0.25) is 0 Å². The second-order valence-electron chi connectivity index (χ2n) is 4.85. The van der Waals surface area contributed by atoms with Crippen molar-refractivity contribution in [1.82, 2.24) is 5.32 Å². The Morgan fingerprint density at radius 1 is 1.15 bits per heavy atom. The van der Waals surface area contributed by atoms with Gasteiger partial charge in [0.2, 0.25) is 0 Å². The molecule has 1 unspecified atom stereocenters. The Kier molecular flexibility index (Phi) is 8.46. The third kappa shape index (κ3) is 5.21. The molecule has 4 nitrogen and oxygen atoms in total. The van der Waals surface area contributed by atoms with Crippen LogP contribution >= 0.6 is 0 Å². The zero-order valence-electron chi connectivity index (χ0n) is 12.6. The number of hydrogen-bond donors (Lipinski definition) is 2. The number of benzene rings is 1. The summed E-state index contributed by atoms with van der Waals surface area (Å²) in [7, 11) is 1.69. The first kappa shape index (κ1) is 17.1. The molecule has 1 aromatic rings. The summed E-state index contributed by atoms with van der Waals surface area (Å²) in [4.78, 5) is 0. The normalized spacial score (nSPS) is 14.2. The van der Waals surface area contributed by atoms with Crippen LogP contribution in [0.3, 0.4) is 0 Å². The maximum atomic E-state index is 9.86. The van der Waals surface area contributed by atoms with Crippen molar-refractivity contribution in [3.8, 4) is 0 Å². The second kappa shape index (κ2) is 9.88. The van der Waals surface area contributed by atoms with Gasteiger partial charge in [0.25, 0.3) is 0 Å². The van der Waals surface area contributed by atoms with Crippen LogP contribution in [-0.2, 0) is 15.0 Å². The predicted octanol–water partition coefficient (Wildman–Crippen LogP) is 1.93. The minimum atomic E-state index is -0.419. The largest absolute Gasteiger partial charge is 0.394 e. The van der Waals surface area contributed by atoms with Crippen LogP contribution < -0.4 is 5.32 Å². The molecule has 1 aromatic carbocycles. The highest BCUT2D eigenvalue weighted by molar-refractivity contribution is 5.24. The lowest BCUT2D eigenvalue weighted by Crippen LogP contribution is -2.46. The Hall–Kier alpha value is -0.940. The van der Waals surface area contributed by atoms with Crippen LogP contribution in [0.5, 0.6) is 0 Å². The van der Waals surface area contributed by atoms with Gasteiger partial charge in [0, 0.05) is 26.9 Å². The number of rotatable bonds is 11. The maximum Gasteiger partial charge on any atom is 0.0691 e. The topological polar surface area (TPSA) is 50.7 Å². The lowest BCUT2D eigenvalue weighted by molar-refractivity contribution is 0.0673. The molecule has 20 heavy (non-hydrogen) atoms. The zero-order chi connectivity index (χ0) is 14.7. The van der Waals surface area contributed by atoms with Gasteiger partial charge in [-0.1, -0.05) is 37.3 Å². The van der Waals surface area contributed by atoms with Crippen molar-refractivity contribution in [3.05, 3.63) is 35.9 Å². The lowest BCUT2D eigenvalue weighted by Gasteiger charge is -2.33. The maximum absolute atomic E-state index is 9.86. The summed E-state index contributed by atoms with van der Waals surface area (Å²) < 4.78 is 10.6. The van der Waals surface area contributed by atoms with E-state index < -0.39 is 5.54 Å². The average Bonchev–Trinajstić information content (AvgIpc) is 2.50. The van der Waals surface area contributed by atoms with E-state index in [4.69, 9.17) is 9.47 Å². The fraction of sp³-hybridized carbons (Fsp3) is 0.625. The van der Waals surface area contributed by atoms with E-state index in [1.54, 1.807) is 7.11 Å². The summed E-state index contributed by atoms with van der Waals surface area (Å²) in [6.45, 7) is 4.94. The Morgan fingerprint density at radius 2 is 1.90 bits per heavy atom. The van der Waals surface area contributed by atoms with Gasteiger partial charge in [-0.3, -0.25) is 0 Å². The first-order valence-electron chi connectivity index (χ1n) is 7.27. The molecule has 1 atom stereocenters. The number of aliphatic hydroxyl groups excluding tert-OH is 1. The first-order chi connectivity index (χ1) is 9.79. The Morgan fingerprint density at radius 3 is 2.50 bits per heavy atom. The number of nitrogens with one attached hydrogen (secondary N) is 1. The molecule has 0 amide bonds. The molecule has 0 bridgehead atoms. The van der Waals surface area contributed by atoms with E-state index in [1.807, 2.05) is 37.3 Å². The third-order valence-corrected chi connectivity index (χ3v) is 3.42. The molecule has 0 aliphatic rings. The summed E-state index contributed by atoms with van der Waals surface area (Å²) in [5, 5.41) is 13.3. The van der Waals surface area contributed by atoms with Gasteiger partial charge in [0.1, 0.15) is 0 Å². The van der Waals surface area contributed by atoms with E-state index in [-0.39, 0.29) is 6.61 Å². The molecule has 0 saturated heterocycles. The van der Waals surface area contributed by atoms with Crippen LogP contribution in [0.1, 0.15) is 25.3 Å². The molecule has 0 aromatic heterocycles. The van der Waals surface area contributed by atoms with E-state index >= 15 is 0 Å². The SMILES string of the molecule is CCNC(CO)(CCOCCCOC)c1ccccc1. The van der Waals surface area contributed by atoms with Crippen molar-refractivity contribution in [2.45, 2.75) is 25.3 Å². The molecular weight excluding hydrogens is 254 g/mol.